The van der Waals surface area contributed by atoms with Gasteiger partial charge in [0.05, 0.1) is 5.54 Å². The van der Waals surface area contributed by atoms with Crippen LogP contribution in [0.2, 0.25) is 0 Å². The number of amides is 1. The van der Waals surface area contributed by atoms with Gasteiger partial charge < -0.3 is 10.6 Å². The molecule has 0 saturated heterocycles. The first-order valence-electron chi connectivity index (χ1n) is 5.98. The molecule has 0 aliphatic rings. The van der Waals surface area contributed by atoms with E-state index in [2.05, 4.69) is 29.7 Å². The first-order valence-corrected chi connectivity index (χ1v) is 5.98. The van der Waals surface area contributed by atoms with Gasteiger partial charge in [0.25, 0.3) is 0 Å². The summed E-state index contributed by atoms with van der Waals surface area (Å²) < 4.78 is 0. The van der Waals surface area contributed by atoms with Gasteiger partial charge in [0, 0.05) is 13.0 Å². The van der Waals surface area contributed by atoms with Crippen molar-refractivity contribution in [1.82, 2.24) is 10.6 Å². The van der Waals surface area contributed by atoms with Gasteiger partial charge in [-0.15, -0.1) is 0 Å². The Labute approximate surface area is 104 Å². The van der Waals surface area contributed by atoms with E-state index >= 15 is 0 Å². The molecule has 0 atom stereocenters. The van der Waals surface area contributed by atoms with Crippen molar-refractivity contribution in [3.05, 3.63) is 35.4 Å². The molecule has 1 rings (SSSR count). The molecular weight excluding hydrogens is 212 g/mol. The van der Waals surface area contributed by atoms with Crippen molar-refractivity contribution in [3.63, 3.8) is 0 Å². The molecule has 1 aromatic carbocycles. The molecule has 0 bridgehead atoms. The van der Waals surface area contributed by atoms with E-state index in [9.17, 15) is 4.79 Å². The maximum Gasteiger partial charge on any atom is 0.221 e. The average Bonchev–Trinajstić information content (AvgIpc) is 2.26. The fourth-order valence-electron chi connectivity index (χ4n) is 1.76. The van der Waals surface area contributed by atoms with Crippen molar-refractivity contribution in [2.45, 2.75) is 32.7 Å². The Bertz CT molecular complexity index is 386. The van der Waals surface area contributed by atoms with Gasteiger partial charge >= 0.3 is 0 Å². The van der Waals surface area contributed by atoms with E-state index in [-0.39, 0.29) is 11.4 Å². The Morgan fingerprint density at radius 1 is 1.35 bits per heavy atom. The van der Waals surface area contributed by atoms with Gasteiger partial charge in [0.15, 0.2) is 0 Å². The molecule has 3 heteroatoms. The topological polar surface area (TPSA) is 41.1 Å². The molecule has 1 amide bonds. The van der Waals surface area contributed by atoms with Crippen LogP contribution in [0.4, 0.5) is 0 Å². The standard InChI is InChI=1S/C14H22N2O/c1-11-6-5-7-12(10-11)14(2,3)16-13(17)8-9-15-4/h5-7,10,15H,8-9H2,1-4H3,(H,16,17). The van der Waals surface area contributed by atoms with Crippen LogP contribution in [0, 0.1) is 6.92 Å². The SMILES string of the molecule is CNCCC(=O)NC(C)(C)c1cccc(C)c1. The third-order valence-electron chi connectivity index (χ3n) is 2.79. The van der Waals surface area contributed by atoms with Crippen molar-refractivity contribution in [2.24, 2.45) is 0 Å². The maximum atomic E-state index is 11.7. The fourth-order valence-corrected chi connectivity index (χ4v) is 1.76. The number of carbonyl (C=O) groups is 1. The summed E-state index contributed by atoms with van der Waals surface area (Å²) in [5, 5.41) is 6.03. The summed E-state index contributed by atoms with van der Waals surface area (Å²) in [4.78, 5) is 11.7. The highest BCUT2D eigenvalue weighted by atomic mass is 16.1. The molecule has 1 aromatic rings. The number of hydrogen-bond acceptors (Lipinski definition) is 2. The Hall–Kier alpha value is -1.35. The summed E-state index contributed by atoms with van der Waals surface area (Å²) in [7, 11) is 1.85. The van der Waals surface area contributed by atoms with E-state index in [0.29, 0.717) is 13.0 Å². The second-order valence-electron chi connectivity index (χ2n) is 4.90. The molecule has 0 saturated carbocycles. The molecular formula is C14H22N2O. The zero-order chi connectivity index (χ0) is 12.9. The second kappa shape index (κ2) is 5.82. The number of hydrogen-bond donors (Lipinski definition) is 2. The first-order chi connectivity index (χ1) is 7.95. The maximum absolute atomic E-state index is 11.7. The molecule has 17 heavy (non-hydrogen) atoms. The highest BCUT2D eigenvalue weighted by Gasteiger charge is 2.22. The largest absolute Gasteiger partial charge is 0.347 e. The molecule has 0 radical (unpaired) electrons. The summed E-state index contributed by atoms with van der Waals surface area (Å²) in [6, 6.07) is 8.23. The predicted octanol–water partition coefficient (Wildman–Crippen LogP) is 1.96. The van der Waals surface area contributed by atoms with Crippen LogP contribution >= 0.6 is 0 Å². The molecule has 0 spiro atoms. The molecule has 0 aromatic heterocycles. The summed E-state index contributed by atoms with van der Waals surface area (Å²) in [5.74, 6) is 0.0749. The molecule has 0 unspecified atom stereocenters. The van der Waals surface area contributed by atoms with Crippen LogP contribution in [0.5, 0.6) is 0 Å². The Morgan fingerprint density at radius 3 is 2.65 bits per heavy atom. The lowest BCUT2D eigenvalue weighted by atomic mass is 9.93. The number of aryl methyl sites for hydroxylation is 1. The highest BCUT2D eigenvalue weighted by molar-refractivity contribution is 5.77. The van der Waals surface area contributed by atoms with E-state index in [1.165, 1.54) is 5.56 Å². The summed E-state index contributed by atoms with van der Waals surface area (Å²) in [6.07, 6.45) is 0.506. The van der Waals surface area contributed by atoms with Gasteiger partial charge in [0.2, 0.25) is 5.91 Å². The average molecular weight is 234 g/mol. The zero-order valence-corrected chi connectivity index (χ0v) is 11.1. The van der Waals surface area contributed by atoms with E-state index in [1.807, 2.05) is 33.0 Å². The van der Waals surface area contributed by atoms with Crippen LogP contribution in [0.15, 0.2) is 24.3 Å². The monoisotopic (exact) mass is 234 g/mol. The fraction of sp³-hybridized carbons (Fsp3) is 0.500. The normalized spacial score (nSPS) is 11.3. The smallest absolute Gasteiger partial charge is 0.221 e. The third kappa shape index (κ3) is 4.19. The quantitative estimate of drug-likeness (QED) is 0.817. The zero-order valence-electron chi connectivity index (χ0n) is 11.1. The minimum Gasteiger partial charge on any atom is -0.347 e. The van der Waals surface area contributed by atoms with Gasteiger partial charge in [-0.1, -0.05) is 29.8 Å². The first kappa shape index (κ1) is 13.7. The Balaban J connectivity index is 2.71. The molecule has 0 aliphatic carbocycles. The van der Waals surface area contributed by atoms with Crippen LogP contribution in [0.3, 0.4) is 0 Å². The van der Waals surface area contributed by atoms with Crippen LogP contribution in [-0.2, 0) is 10.3 Å². The van der Waals surface area contributed by atoms with Gasteiger partial charge in [0.1, 0.15) is 0 Å². The number of benzene rings is 1. The number of carbonyl (C=O) groups excluding carboxylic acids is 1. The van der Waals surface area contributed by atoms with Crippen molar-refractivity contribution in [3.8, 4) is 0 Å². The molecule has 0 heterocycles. The van der Waals surface area contributed by atoms with Crippen molar-refractivity contribution >= 4 is 5.91 Å². The summed E-state index contributed by atoms with van der Waals surface area (Å²) in [5.41, 5.74) is 2.02. The minimum absolute atomic E-state index is 0.0749. The van der Waals surface area contributed by atoms with Gasteiger partial charge in [-0.25, -0.2) is 0 Å². The number of rotatable bonds is 5. The van der Waals surface area contributed by atoms with Gasteiger partial charge in [-0.2, -0.15) is 0 Å². The molecule has 0 fully saturated rings. The lowest BCUT2D eigenvalue weighted by Crippen LogP contribution is -2.41. The van der Waals surface area contributed by atoms with Crippen LogP contribution in [-0.4, -0.2) is 19.5 Å². The van der Waals surface area contributed by atoms with Gasteiger partial charge in [-0.05, 0) is 33.4 Å². The van der Waals surface area contributed by atoms with Gasteiger partial charge in [-0.3, -0.25) is 4.79 Å². The van der Waals surface area contributed by atoms with Crippen LogP contribution in [0.1, 0.15) is 31.4 Å². The van der Waals surface area contributed by atoms with E-state index in [0.717, 1.165) is 5.56 Å². The Kier molecular flexibility index (Phi) is 4.70. The third-order valence-corrected chi connectivity index (χ3v) is 2.79. The molecule has 2 N–H and O–H groups in total. The highest BCUT2D eigenvalue weighted by Crippen LogP contribution is 2.20. The second-order valence-corrected chi connectivity index (χ2v) is 4.90. The van der Waals surface area contributed by atoms with Crippen LogP contribution < -0.4 is 10.6 Å². The van der Waals surface area contributed by atoms with Crippen molar-refractivity contribution in [2.75, 3.05) is 13.6 Å². The van der Waals surface area contributed by atoms with Crippen molar-refractivity contribution < 1.29 is 4.79 Å². The predicted molar refractivity (Wildman–Crippen MR) is 70.9 cm³/mol. The lowest BCUT2D eigenvalue weighted by Gasteiger charge is -2.27. The van der Waals surface area contributed by atoms with Crippen LogP contribution in [0.25, 0.3) is 0 Å². The van der Waals surface area contributed by atoms with E-state index < -0.39 is 0 Å². The summed E-state index contributed by atoms with van der Waals surface area (Å²) in [6.45, 7) is 6.82. The minimum atomic E-state index is -0.323. The lowest BCUT2D eigenvalue weighted by molar-refractivity contribution is -0.122. The van der Waals surface area contributed by atoms with E-state index in [1.54, 1.807) is 0 Å². The van der Waals surface area contributed by atoms with E-state index in [4.69, 9.17) is 0 Å². The molecule has 0 aliphatic heterocycles. The van der Waals surface area contributed by atoms with Crippen molar-refractivity contribution in [1.29, 1.82) is 0 Å². The number of nitrogens with one attached hydrogen (secondary N) is 2. The Morgan fingerprint density at radius 2 is 2.06 bits per heavy atom. The molecule has 94 valence electrons. The molecule has 3 nitrogen and oxygen atoms in total. The summed E-state index contributed by atoms with van der Waals surface area (Å²) >= 11 is 0.